The van der Waals surface area contributed by atoms with Gasteiger partial charge in [0.15, 0.2) is 0 Å². The van der Waals surface area contributed by atoms with Crippen LogP contribution in [0.15, 0.2) is 30.3 Å². The Hall–Kier alpha value is -1.06. The number of rotatable bonds is 4. The molecule has 3 N–H and O–H groups in total. The van der Waals surface area contributed by atoms with Crippen molar-refractivity contribution >= 4 is 18.3 Å². The van der Waals surface area contributed by atoms with Crippen LogP contribution in [-0.2, 0) is 4.79 Å². The molecule has 0 unspecified atom stereocenters. The molecule has 96 valence electrons. The normalized spacial score (nSPS) is 13.7. The van der Waals surface area contributed by atoms with Crippen molar-refractivity contribution in [2.75, 3.05) is 0 Å². The zero-order valence-corrected chi connectivity index (χ0v) is 11.3. The van der Waals surface area contributed by atoms with Gasteiger partial charge in [-0.2, -0.15) is 0 Å². The quantitative estimate of drug-likeness (QED) is 0.868. The monoisotopic (exact) mass is 256 g/mol. The Balaban J connectivity index is 0.00000256. The smallest absolute Gasteiger partial charge is 0.237 e. The summed E-state index contributed by atoms with van der Waals surface area (Å²) in [6.45, 7) is 5.84. The van der Waals surface area contributed by atoms with E-state index in [1.807, 2.05) is 51.1 Å². The van der Waals surface area contributed by atoms with Crippen molar-refractivity contribution in [3.63, 3.8) is 0 Å². The predicted molar refractivity (Wildman–Crippen MR) is 73.1 cm³/mol. The summed E-state index contributed by atoms with van der Waals surface area (Å²) in [6.07, 6.45) is 0. The van der Waals surface area contributed by atoms with Gasteiger partial charge in [0, 0.05) is 0 Å². The van der Waals surface area contributed by atoms with Crippen molar-refractivity contribution in [2.45, 2.75) is 32.9 Å². The summed E-state index contributed by atoms with van der Waals surface area (Å²) < 4.78 is 0. The van der Waals surface area contributed by atoms with Gasteiger partial charge in [-0.1, -0.05) is 44.2 Å². The lowest BCUT2D eigenvalue weighted by Gasteiger charge is -2.19. The molecular formula is C13H21ClN2O. The standard InChI is InChI=1S/C13H20N2O.ClH/c1-9(2)12(14)13(16)15-10(3)11-7-5-4-6-8-11;/h4-10,12H,14H2,1-3H3,(H,15,16);1H/t10-,12-;/m1./s1. The molecule has 0 spiro atoms. The fraction of sp³-hybridized carbons (Fsp3) is 0.462. The first-order chi connectivity index (χ1) is 7.52. The maximum absolute atomic E-state index is 11.7. The first-order valence-corrected chi connectivity index (χ1v) is 5.63. The molecule has 3 nitrogen and oxygen atoms in total. The zero-order valence-electron chi connectivity index (χ0n) is 10.5. The molecule has 0 radical (unpaired) electrons. The first-order valence-electron chi connectivity index (χ1n) is 5.63. The van der Waals surface area contributed by atoms with E-state index in [0.29, 0.717) is 0 Å². The Labute approximate surface area is 109 Å². The van der Waals surface area contributed by atoms with Gasteiger partial charge in [-0.05, 0) is 18.4 Å². The van der Waals surface area contributed by atoms with E-state index in [0.717, 1.165) is 5.56 Å². The van der Waals surface area contributed by atoms with Crippen LogP contribution in [0.25, 0.3) is 0 Å². The third-order valence-electron chi connectivity index (χ3n) is 2.68. The highest BCUT2D eigenvalue weighted by Crippen LogP contribution is 2.11. The highest BCUT2D eigenvalue weighted by atomic mass is 35.5. The molecule has 0 bridgehead atoms. The average Bonchev–Trinajstić information content (AvgIpc) is 2.28. The SMILES string of the molecule is CC(C)[C@@H](N)C(=O)N[C@H](C)c1ccccc1.Cl. The minimum Gasteiger partial charge on any atom is -0.348 e. The molecule has 0 aromatic heterocycles. The van der Waals surface area contributed by atoms with Crippen molar-refractivity contribution in [3.8, 4) is 0 Å². The van der Waals surface area contributed by atoms with Gasteiger partial charge in [0.1, 0.15) is 0 Å². The molecule has 0 saturated carbocycles. The van der Waals surface area contributed by atoms with Crippen LogP contribution in [0.3, 0.4) is 0 Å². The fourth-order valence-electron chi connectivity index (χ4n) is 1.44. The lowest BCUT2D eigenvalue weighted by molar-refractivity contribution is -0.123. The Bertz CT molecular complexity index is 341. The first kappa shape index (κ1) is 15.9. The van der Waals surface area contributed by atoms with Crippen molar-refractivity contribution < 1.29 is 4.79 Å². The molecule has 4 heteroatoms. The Kier molecular flexibility index (Phi) is 6.85. The van der Waals surface area contributed by atoms with Gasteiger partial charge < -0.3 is 11.1 Å². The van der Waals surface area contributed by atoms with Gasteiger partial charge in [-0.3, -0.25) is 4.79 Å². The molecule has 0 aliphatic rings. The number of halogens is 1. The van der Waals surface area contributed by atoms with Gasteiger partial charge in [-0.15, -0.1) is 12.4 Å². The topological polar surface area (TPSA) is 55.1 Å². The molecule has 0 aliphatic heterocycles. The van der Waals surface area contributed by atoms with E-state index in [-0.39, 0.29) is 30.3 Å². The molecule has 0 saturated heterocycles. The third kappa shape index (κ3) is 4.75. The second-order valence-corrected chi connectivity index (χ2v) is 4.41. The van der Waals surface area contributed by atoms with Gasteiger partial charge in [0.25, 0.3) is 0 Å². The van der Waals surface area contributed by atoms with Gasteiger partial charge in [0.2, 0.25) is 5.91 Å². The largest absolute Gasteiger partial charge is 0.348 e. The summed E-state index contributed by atoms with van der Waals surface area (Å²) in [4.78, 5) is 11.7. The summed E-state index contributed by atoms with van der Waals surface area (Å²) in [6, 6.07) is 9.42. The fourth-order valence-corrected chi connectivity index (χ4v) is 1.44. The van der Waals surface area contributed by atoms with E-state index < -0.39 is 6.04 Å². The number of amides is 1. The zero-order chi connectivity index (χ0) is 12.1. The van der Waals surface area contributed by atoms with Crippen LogP contribution in [0.5, 0.6) is 0 Å². The second-order valence-electron chi connectivity index (χ2n) is 4.41. The van der Waals surface area contributed by atoms with E-state index in [4.69, 9.17) is 5.73 Å². The van der Waals surface area contributed by atoms with Crippen LogP contribution in [0.4, 0.5) is 0 Å². The summed E-state index contributed by atoms with van der Waals surface area (Å²) in [5.74, 6) is 0.0642. The molecule has 1 amide bonds. The van der Waals surface area contributed by atoms with Crippen LogP contribution in [0.1, 0.15) is 32.4 Å². The van der Waals surface area contributed by atoms with Gasteiger partial charge in [0.05, 0.1) is 12.1 Å². The Morgan fingerprint density at radius 1 is 1.18 bits per heavy atom. The Morgan fingerprint density at radius 3 is 2.18 bits per heavy atom. The number of carbonyl (C=O) groups is 1. The number of carbonyl (C=O) groups excluding carboxylic acids is 1. The van der Waals surface area contributed by atoms with Crippen LogP contribution in [-0.4, -0.2) is 11.9 Å². The van der Waals surface area contributed by atoms with Crippen LogP contribution in [0, 0.1) is 5.92 Å². The highest BCUT2D eigenvalue weighted by Gasteiger charge is 2.19. The van der Waals surface area contributed by atoms with Crippen molar-refractivity contribution in [1.29, 1.82) is 0 Å². The van der Waals surface area contributed by atoms with Gasteiger partial charge in [-0.25, -0.2) is 0 Å². The summed E-state index contributed by atoms with van der Waals surface area (Å²) >= 11 is 0. The molecule has 0 aliphatic carbocycles. The Morgan fingerprint density at radius 2 is 1.71 bits per heavy atom. The molecule has 0 heterocycles. The number of hydrogen-bond acceptors (Lipinski definition) is 2. The number of hydrogen-bond donors (Lipinski definition) is 2. The van der Waals surface area contributed by atoms with E-state index >= 15 is 0 Å². The van der Waals surface area contributed by atoms with E-state index in [1.54, 1.807) is 0 Å². The van der Waals surface area contributed by atoms with E-state index in [9.17, 15) is 4.79 Å². The van der Waals surface area contributed by atoms with E-state index in [2.05, 4.69) is 5.32 Å². The number of nitrogens with two attached hydrogens (primary N) is 1. The number of nitrogens with one attached hydrogen (secondary N) is 1. The van der Waals surface area contributed by atoms with Crippen molar-refractivity contribution in [2.24, 2.45) is 11.7 Å². The van der Waals surface area contributed by atoms with Crippen LogP contribution in [0.2, 0.25) is 0 Å². The summed E-state index contributed by atoms with van der Waals surface area (Å²) in [7, 11) is 0. The van der Waals surface area contributed by atoms with Crippen LogP contribution < -0.4 is 11.1 Å². The average molecular weight is 257 g/mol. The minimum atomic E-state index is -0.439. The second kappa shape index (κ2) is 7.30. The molecular weight excluding hydrogens is 236 g/mol. The molecule has 1 rings (SSSR count). The predicted octanol–water partition coefficient (Wildman–Crippen LogP) is 2.27. The maximum atomic E-state index is 11.7. The molecule has 0 fully saturated rings. The maximum Gasteiger partial charge on any atom is 0.237 e. The molecule has 1 aromatic rings. The highest BCUT2D eigenvalue weighted by molar-refractivity contribution is 5.85. The van der Waals surface area contributed by atoms with Crippen LogP contribution >= 0.6 is 12.4 Å². The van der Waals surface area contributed by atoms with Crippen molar-refractivity contribution in [1.82, 2.24) is 5.32 Å². The minimum absolute atomic E-state index is 0. The van der Waals surface area contributed by atoms with Crippen molar-refractivity contribution in [3.05, 3.63) is 35.9 Å². The summed E-state index contributed by atoms with van der Waals surface area (Å²) in [5, 5.41) is 2.91. The molecule has 17 heavy (non-hydrogen) atoms. The molecule has 2 atom stereocenters. The lowest BCUT2D eigenvalue weighted by atomic mass is 10.0. The summed E-state index contributed by atoms with van der Waals surface area (Å²) in [5.41, 5.74) is 6.86. The number of benzene rings is 1. The van der Waals surface area contributed by atoms with Gasteiger partial charge >= 0.3 is 0 Å². The lowest BCUT2D eigenvalue weighted by Crippen LogP contribution is -2.44. The third-order valence-corrected chi connectivity index (χ3v) is 2.68. The van der Waals surface area contributed by atoms with E-state index in [1.165, 1.54) is 0 Å². The molecule has 1 aromatic carbocycles.